The fourth-order valence-electron chi connectivity index (χ4n) is 6.79. The van der Waals surface area contributed by atoms with Crippen LogP contribution in [0, 0.1) is 23.7 Å². The number of benzene rings is 2. The molecular formula is C42H47F2N5O7. The van der Waals surface area contributed by atoms with E-state index < -0.39 is 83.7 Å². The Morgan fingerprint density at radius 1 is 0.661 bits per heavy atom. The molecule has 2 aromatic heterocycles. The average Bonchev–Trinajstić information content (AvgIpc) is 3.20. The second-order valence-corrected chi connectivity index (χ2v) is 13.9. The van der Waals surface area contributed by atoms with Crippen LogP contribution in [0.15, 0.2) is 109 Å². The number of Topliss-reactive ketones (excluding diaryl/α,β-unsaturated/α-hetero) is 3. The molecule has 4 aromatic rings. The Balaban J connectivity index is 1.94. The molecule has 56 heavy (non-hydrogen) atoms. The third-order valence-electron chi connectivity index (χ3n) is 9.45. The third-order valence-corrected chi connectivity index (χ3v) is 9.45. The molecule has 0 aliphatic heterocycles. The minimum Gasteiger partial charge on any atom is -0.452 e. The largest absolute Gasteiger partial charge is 0.452 e. The second kappa shape index (κ2) is 19.1. The van der Waals surface area contributed by atoms with E-state index in [9.17, 15) is 24.0 Å². The van der Waals surface area contributed by atoms with E-state index in [2.05, 4.69) is 9.97 Å². The molecule has 12 nitrogen and oxygen atoms in total. The van der Waals surface area contributed by atoms with Gasteiger partial charge < -0.3 is 15.2 Å². The van der Waals surface area contributed by atoms with Crippen molar-refractivity contribution in [3.8, 4) is 0 Å². The normalized spacial score (nSPS) is 14.2. The Hall–Kier alpha value is -5.89. The van der Waals surface area contributed by atoms with Gasteiger partial charge in [0, 0.05) is 18.4 Å². The average molecular weight is 772 g/mol. The number of methoxy groups -OCH3 is 2. The SMILES string of the molecule is COC(=O)N(c1ccccn1)[C@H](C(=O)[C@H](Cc1ccccc1)C(=O)C(F)(F)[C@H](C(=O)[C@H](C(C)C)N(C(=O)OC)c1ccccn1)C(N)c1ccccc1)C(C)C. The van der Waals surface area contributed by atoms with Gasteiger partial charge in [-0.1, -0.05) is 100 Å². The summed E-state index contributed by atoms with van der Waals surface area (Å²) in [4.78, 5) is 81.5. The first-order chi connectivity index (χ1) is 26.7. The Labute approximate surface area is 325 Å². The molecule has 0 fully saturated rings. The predicted molar refractivity (Wildman–Crippen MR) is 206 cm³/mol. The number of ether oxygens (including phenoxy) is 2. The topological polar surface area (TPSA) is 162 Å². The van der Waals surface area contributed by atoms with Crippen molar-refractivity contribution < 1.29 is 42.2 Å². The lowest BCUT2D eigenvalue weighted by atomic mass is 9.74. The summed E-state index contributed by atoms with van der Waals surface area (Å²) in [6.45, 7) is 6.27. The number of ketones is 3. The minimum absolute atomic E-state index is 0.0135. The van der Waals surface area contributed by atoms with Crippen LogP contribution in [-0.4, -0.2) is 71.7 Å². The van der Waals surface area contributed by atoms with Gasteiger partial charge in [0.05, 0.1) is 20.1 Å². The summed E-state index contributed by atoms with van der Waals surface area (Å²) in [5, 5.41) is 0. The monoisotopic (exact) mass is 771 g/mol. The van der Waals surface area contributed by atoms with Gasteiger partial charge in [-0.3, -0.25) is 24.2 Å². The fourth-order valence-corrected chi connectivity index (χ4v) is 6.79. The molecule has 2 N–H and O–H groups in total. The van der Waals surface area contributed by atoms with Crippen LogP contribution in [0.2, 0.25) is 0 Å². The maximum Gasteiger partial charge on any atom is 0.415 e. The Bertz CT molecular complexity index is 1940. The highest BCUT2D eigenvalue weighted by Gasteiger charge is 2.59. The van der Waals surface area contributed by atoms with Crippen LogP contribution in [0.5, 0.6) is 0 Å². The number of hydrogen-bond acceptors (Lipinski definition) is 10. The van der Waals surface area contributed by atoms with Gasteiger partial charge in [-0.25, -0.2) is 19.6 Å². The molecule has 0 saturated heterocycles. The van der Waals surface area contributed by atoms with E-state index in [1.54, 1.807) is 100 Å². The van der Waals surface area contributed by atoms with Gasteiger partial charge in [0.2, 0.25) is 5.78 Å². The summed E-state index contributed by atoms with van der Waals surface area (Å²) in [7, 11) is 2.16. The van der Waals surface area contributed by atoms with E-state index in [-0.39, 0.29) is 17.2 Å². The number of amides is 2. The zero-order valence-electron chi connectivity index (χ0n) is 32.1. The number of rotatable bonds is 17. The molecule has 14 heteroatoms. The molecule has 0 aliphatic rings. The molecule has 2 amide bonds. The molecule has 5 atom stereocenters. The Morgan fingerprint density at radius 3 is 1.50 bits per heavy atom. The maximum absolute atomic E-state index is 17.7. The lowest BCUT2D eigenvalue weighted by Crippen LogP contribution is -2.59. The van der Waals surface area contributed by atoms with Gasteiger partial charge in [-0.05, 0) is 53.6 Å². The van der Waals surface area contributed by atoms with Crippen molar-refractivity contribution in [2.75, 3.05) is 24.0 Å². The fraction of sp³-hybridized carbons (Fsp3) is 0.357. The van der Waals surface area contributed by atoms with Crippen molar-refractivity contribution in [3.63, 3.8) is 0 Å². The van der Waals surface area contributed by atoms with E-state index in [4.69, 9.17) is 15.2 Å². The predicted octanol–water partition coefficient (Wildman–Crippen LogP) is 6.89. The van der Waals surface area contributed by atoms with Crippen molar-refractivity contribution in [1.29, 1.82) is 0 Å². The highest BCUT2D eigenvalue weighted by molar-refractivity contribution is 6.12. The first-order valence-corrected chi connectivity index (χ1v) is 18.1. The van der Waals surface area contributed by atoms with E-state index in [1.165, 1.54) is 36.7 Å². The summed E-state index contributed by atoms with van der Waals surface area (Å²) in [5.74, 6) is -15.2. The number of carbonyl (C=O) groups is 5. The van der Waals surface area contributed by atoms with Crippen LogP contribution in [0.1, 0.15) is 44.9 Å². The lowest BCUT2D eigenvalue weighted by Gasteiger charge is -2.39. The lowest BCUT2D eigenvalue weighted by molar-refractivity contribution is -0.166. The molecule has 0 saturated carbocycles. The van der Waals surface area contributed by atoms with Gasteiger partial charge >= 0.3 is 18.1 Å². The minimum atomic E-state index is -4.64. The van der Waals surface area contributed by atoms with Gasteiger partial charge in [0.25, 0.3) is 0 Å². The first kappa shape index (κ1) is 42.8. The molecule has 296 valence electrons. The van der Waals surface area contributed by atoms with Crippen molar-refractivity contribution in [1.82, 2.24) is 9.97 Å². The summed E-state index contributed by atoms with van der Waals surface area (Å²) < 4.78 is 45.4. The Morgan fingerprint density at radius 2 is 1.09 bits per heavy atom. The summed E-state index contributed by atoms with van der Waals surface area (Å²) in [5.41, 5.74) is 7.06. The van der Waals surface area contributed by atoms with E-state index in [1.807, 2.05) is 0 Å². The molecule has 0 radical (unpaired) electrons. The molecular weight excluding hydrogens is 724 g/mol. The van der Waals surface area contributed by atoms with Crippen LogP contribution in [-0.2, 0) is 30.3 Å². The Kier molecular flexibility index (Phi) is 14.6. The van der Waals surface area contributed by atoms with Crippen molar-refractivity contribution in [2.45, 2.75) is 58.2 Å². The smallest absolute Gasteiger partial charge is 0.415 e. The van der Waals surface area contributed by atoms with Gasteiger partial charge in [-0.15, -0.1) is 0 Å². The number of alkyl halides is 2. The first-order valence-electron chi connectivity index (χ1n) is 18.1. The number of nitrogens with zero attached hydrogens (tertiary/aromatic N) is 4. The molecule has 1 unspecified atom stereocenters. The van der Waals surface area contributed by atoms with Crippen molar-refractivity contribution in [3.05, 3.63) is 121 Å². The van der Waals surface area contributed by atoms with Crippen molar-refractivity contribution in [2.24, 2.45) is 29.4 Å². The zero-order valence-corrected chi connectivity index (χ0v) is 32.1. The number of aromatic nitrogens is 2. The van der Waals surface area contributed by atoms with Crippen LogP contribution >= 0.6 is 0 Å². The van der Waals surface area contributed by atoms with Gasteiger partial charge in [-0.2, -0.15) is 8.78 Å². The number of halogens is 2. The highest BCUT2D eigenvalue weighted by Crippen LogP contribution is 2.41. The maximum atomic E-state index is 17.7. The number of carbonyl (C=O) groups excluding carboxylic acids is 5. The highest BCUT2D eigenvalue weighted by atomic mass is 19.3. The molecule has 0 spiro atoms. The van der Waals surface area contributed by atoms with Gasteiger partial charge in [0.1, 0.15) is 29.6 Å². The number of hydrogen-bond donors (Lipinski definition) is 1. The van der Waals surface area contributed by atoms with Crippen LogP contribution in [0.4, 0.5) is 30.0 Å². The van der Waals surface area contributed by atoms with Crippen molar-refractivity contribution >= 4 is 41.2 Å². The quantitative estimate of drug-likeness (QED) is 0.112. The van der Waals surface area contributed by atoms with Gasteiger partial charge in [0.15, 0.2) is 11.6 Å². The van der Waals surface area contributed by atoms with E-state index >= 15 is 8.78 Å². The molecule has 2 aromatic carbocycles. The van der Waals surface area contributed by atoms with Crippen LogP contribution < -0.4 is 15.5 Å². The number of pyridine rings is 2. The second-order valence-electron chi connectivity index (χ2n) is 13.9. The zero-order chi connectivity index (χ0) is 41.2. The molecule has 0 bridgehead atoms. The van der Waals surface area contributed by atoms with Crippen LogP contribution in [0.25, 0.3) is 0 Å². The summed E-state index contributed by atoms with van der Waals surface area (Å²) >= 11 is 0. The molecule has 0 aliphatic carbocycles. The standard InChI is InChI=1S/C42H47F2N5O7/c1-26(2)35(48(40(53)55-5)31-21-13-15-23-46-31)37(50)30(25-28-17-9-7-10-18-28)39(52)42(43,44)33(34(45)29-19-11-8-12-20-29)38(51)36(27(3)4)49(41(54)56-6)32-22-14-16-24-47-32/h7-24,26-27,30,33-36H,25,45H2,1-6H3/t30-,33-,34?,35-,36-/m0/s1. The number of anilines is 2. The van der Waals surface area contributed by atoms with E-state index in [0.29, 0.717) is 5.56 Å². The summed E-state index contributed by atoms with van der Waals surface area (Å²) in [6, 6.07) is 19.8. The van der Waals surface area contributed by atoms with Crippen LogP contribution in [0.3, 0.4) is 0 Å². The number of nitrogens with two attached hydrogens (primary N) is 1. The molecule has 4 rings (SSSR count). The molecule has 2 heterocycles. The summed E-state index contributed by atoms with van der Waals surface area (Å²) in [6.07, 6.45) is 0.150. The third kappa shape index (κ3) is 9.48. The van der Waals surface area contributed by atoms with E-state index in [0.717, 1.165) is 24.0 Å².